The third-order valence-electron chi connectivity index (χ3n) is 6.10. The van der Waals surface area contributed by atoms with E-state index in [1.54, 1.807) is 4.57 Å². The van der Waals surface area contributed by atoms with Gasteiger partial charge in [-0.15, -0.1) is 0 Å². The second-order valence-electron chi connectivity index (χ2n) is 8.50. The van der Waals surface area contributed by atoms with Gasteiger partial charge in [0.2, 0.25) is 10.0 Å². The number of fused-ring (bicyclic) bond motifs is 1. The molecule has 1 aromatic heterocycles. The fourth-order valence-electron chi connectivity index (χ4n) is 4.03. The first kappa shape index (κ1) is 24.3. The van der Waals surface area contributed by atoms with Crippen molar-refractivity contribution in [1.82, 2.24) is 8.87 Å². The third-order valence-corrected chi connectivity index (χ3v) is 9.05. The second-order valence-corrected chi connectivity index (χ2v) is 11.4. The Bertz CT molecular complexity index is 1400. The first-order valence-corrected chi connectivity index (χ1v) is 13.3. The van der Waals surface area contributed by atoms with Gasteiger partial charge in [-0.25, -0.2) is 8.42 Å². The molecule has 34 heavy (non-hydrogen) atoms. The van der Waals surface area contributed by atoms with Crippen LogP contribution in [0.1, 0.15) is 35.7 Å². The summed E-state index contributed by atoms with van der Waals surface area (Å²) in [5, 5.41) is 0. The van der Waals surface area contributed by atoms with Crippen LogP contribution in [0.4, 0.5) is 0 Å². The molecular weight excluding hydrogens is 474 g/mol. The van der Waals surface area contributed by atoms with Gasteiger partial charge >= 0.3 is 5.97 Å². The van der Waals surface area contributed by atoms with Gasteiger partial charge in [0, 0.05) is 18.7 Å². The normalized spacial score (nSPS) is 16.1. The van der Waals surface area contributed by atoms with Crippen molar-refractivity contribution < 1.29 is 22.7 Å². The average Bonchev–Trinajstić information content (AvgIpc) is 3.17. The van der Waals surface area contributed by atoms with E-state index in [9.17, 15) is 18.0 Å². The van der Waals surface area contributed by atoms with Crippen LogP contribution in [0.25, 0.3) is 10.2 Å². The molecule has 4 rings (SSSR count). The third kappa shape index (κ3) is 4.84. The molecule has 1 aliphatic rings. The minimum Gasteiger partial charge on any atom is -0.468 e. The van der Waals surface area contributed by atoms with Crippen molar-refractivity contribution in [3.63, 3.8) is 0 Å². The average molecular weight is 502 g/mol. The van der Waals surface area contributed by atoms with Crippen molar-refractivity contribution in [2.75, 3.05) is 20.2 Å². The van der Waals surface area contributed by atoms with E-state index in [4.69, 9.17) is 4.74 Å². The summed E-state index contributed by atoms with van der Waals surface area (Å²) in [6.07, 6.45) is 1.68. The van der Waals surface area contributed by atoms with Crippen molar-refractivity contribution in [2.24, 2.45) is 10.9 Å². The summed E-state index contributed by atoms with van der Waals surface area (Å²) in [4.78, 5) is 29.7. The number of benzene rings is 2. The van der Waals surface area contributed by atoms with Gasteiger partial charge in [0.25, 0.3) is 5.91 Å². The monoisotopic (exact) mass is 501 g/mol. The van der Waals surface area contributed by atoms with Crippen molar-refractivity contribution in [3.8, 4) is 0 Å². The summed E-state index contributed by atoms with van der Waals surface area (Å²) in [7, 11) is -2.28. The molecule has 2 aromatic carbocycles. The maximum absolute atomic E-state index is 12.9. The Balaban J connectivity index is 1.65. The molecule has 0 atom stereocenters. The lowest BCUT2D eigenvalue weighted by molar-refractivity contribution is -0.141. The number of para-hydroxylation sites is 1. The smallest absolute Gasteiger partial charge is 0.325 e. The SMILES string of the molecule is COC(=O)Cn1c(=NC(=O)c2ccc(S(=O)(=O)N3CCC(C)CC3)cc2)sc2cccc(C)c21. The van der Waals surface area contributed by atoms with Crippen molar-refractivity contribution in [3.05, 3.63) is 58.4 Å². The zero-order valence-corrected chi connectivity index (χ0v) is 21.0. The highest BCUT2D eigenvalue weighted by Crippen LogP contribution is 2.24. The molecule has 0 radical (unpaired) electrons. The molecule has 2 heterocycles. The second kappa shape index (κ2) is 9.81. The van der Waals surface area contributed by atoms with Crippen LogP contribution in [0, 0.1) is 12.8 Å². The zero-order valence-electron chi connectivity index (χ0n) is 19.4. The molecule has 1 amide bonds. The largest absolute Gasteiger partial charge is 0.468 e. The Hall–Kier alpha value is -2.82. The number of sulfonamides is 1. The first-order chi connectivity index (χ1) is 16.2. The highest BCUT2D eigenvalue weighted by molar-refractivity contribution is 7.89. The molecule has 1 aliphatic heterocycles. The van der Waals surface area contributed by atoms with Crippen LogP contribution < -0.4 is 4.80 Å². The van der Waals surface area contributed by atoms with Gasteiger partial charge in [0.1, 0.15) is 6.54 Å². The van der Waals surface area contributed by atoms with Crippen LogP contribution in [-0.4, -0.2) is 49.4 Å². The van der Waals surface area contributed by atoms with E-state index in [0.29, 0.717) is 23.8 Å². The number of amides is 1. The van der Waals surface area contributed by atoms with Gasteiger partial charge in [-0.1, -0.05) is 30.4 Å². The number of carbonyl (C=O) groups is 2. The summed E-state index contributed by atoms with van der Waals surface area (Å²) in [5.74, 6) is -0.440. The number of aromatic nitrogens is 1. The highest BCUT2D eigenvalue weighted by atomic mass is 32.2. The van der Waals surface area contributed by atoms with E-state index in [0.717, 1.165) is 28.6 Å². The quantitative estimate of drug-likeness (QED) is 0.500. The Kier molecular flexibility index (Phi) is 7.01. The Morgan fingerprint density at radius 2 is 1.79 bits per heavy atom. The fourth-order valence-corrected chi connectivity index (χ4v) is 6.60. The van der Waals surface area contributed by atoms with E-state index in [-0.39, 0.29) is 17.0 Å². The van der Waals surface area contributed by atoms with Gasteiger partial charge in [-0.05, 0) is 61.6 Å². The van der Waals surface area contributed by atoms with Crippen molar-refractivity contribution in [1.29, 1.82) is 0 Å². The summed E-state index contributed by atoms with van der Waals surface area (Å²) >= 11 is 1.30. The highest BCUT2D eigenvalue weighted by Gasteiger charge is 2.28. The molecule has 1 saturated heterocycles. The molecular formula is C24H27N3O5S2. The molecule has 0 saturated carbocycles. The van der Waals surface area contributed by atoms with Gasteiger partial charge in [0.15, 0.2) is 4.80 Å². The molecule has 0 spiro atoms. The van der Waals surface area contributed by atoms with E-state index in [1.807, 2.05) is 25.1 Å². The number of nitrogens with zero attached hydrogens (tertiary/aromatic N) is 3. The lowest BCUT2D eigenvalue weighted by Crippen LogP contribution is -2.37. The van der Waals surface area contributed by atoms with Crippen LogP contribution in [0.3, 0.4) is 0 Å². The summed E-state index contributed by atoms with van der Waals surface area (Å²) in [5.41, 5.74) is 2.04. The van der Waals surface area contributed by atoms with E-state index < -0.39 is 21.9 Å². The number of rotatable bonds is 5. The number of methoxy groups -OCH3 is 1. The maximum atomic E-state index is 12.9. The molecule has 0 bridgehead atoms. The van der Waals surface area contributed by atoms with Gasteiger partial charge < -0.3 is 9.30 Å². The van der Waals surface area contributed by atoms with Crippen LogP contribution in [0.2, 0.25) is 0 Å². The van der Waals surface area contributed by atoms with Crippen LogP contribution >= 0.6 is 11.3 Å². The van der Waals surface area contributed by atoms with Gasteiger partial charge in [-0.2, -0.15) is 9.30 Å². The number of hydrogen-bond donors (Lipinski definition) is 0. The Labute approximate surface area is 202 Å². The predicted molar refractivity (Wildman–Crippen MR) is 130 cm³/mol. The summed E-state index contributed by atoms with van der Waals surface area (Å²) in [6, 6.07) is 11.6. The fraction of sp³-hybridized carbons (Fsp3) is 0.375. The number of ether oxygens (including phenoxy) is 1. The molecule has 180 valence electrons. The Morgan fingerprint density at radius 1 is 1.12 bits per heavy atom. The molecule has 0 unspecified atom stereocenters. The van der Waals surface area contributed by atoms with Gasteiger partial charge in [0.05, 0.1) is 22.2 Å². The number of hydrogen-bond acceptors (Lipinski definition) is 6. The topological polar surface area (TPSA) is 98.0 Å². The van der Waals surface area contributed by atoms with Crippen molar-refractivity contribution >= 4 is 43.5 Å². The lowest BCUT2D eigenvalue weighted by atomic mass is 10.0. The number of thiazole rings is 1. The zero-order chi connectivity index (χ0) is 24.5. The van der Waals surface area contributed by atoms with E-state index in [1.165, 1.54) is 47.0 Å². The molecule has 8 nitrogen and oxygen atoms in total. The summed E-state index contributed by atoms with van der Waals surface area (Å²) < 4.78 is 34.8. The number of carbonyl (C=O) groups excluding carboxylic acids is 2. The first-order valence-electron chi connectivity index (χ1n) is 11.1. The Morgan fingerprint density at radius 3 is 2.44 bits per heavy atom. The maximum Gasteiger partial charge on any atom is 0.325 e. The standard InChI is InChI=1S/C24H27N3O5S2/c1-16-11-13-26(14-12-16)34(30,31)19-9-7-18(8-10-19)23(29)25-24-27(15-21(28)32-3)22-17(2)5-4-6-20(22)33-24/h4-10,16H,11-15H2,1-3H3. The lowest BCUT2D eigenvalue weighted by Gasteiger charge is -2.29. The predicted octanol–water partition coefficient (Wildman–Crippen LogP) is 3.35. The minimum absolute atomic E-state index is 0.0703. The minimum atomic E-state index is -3.59. The number of piperidine rings is 1. The molecule has 3 aromatic rings. The molecule has 0 aliphatic carbocycles. The van der Waals surface area contributed by atoms with Crippen molar-refractivity contribution in [2.45, 2.75) is 38.1 Å². The number of esters is 1. The van der Waals surface area contributed by atoms with Gasteiger partial charge in [-0.3, -0.25) is 9.59 Å². The molecule has 0 N–H and O–H groups in total. The van der Waals surface area contributed by atoms with E-state index in [2.05, 4.69) is 11.9 Å². The molecule has 10 heteroatoms. The van der Waals surface area contributed by atoms with Crippen LogP contribution in [0.15, 0.2) is 52.4 Å². The van der Waals surface area contributed by atoms with Crippen LogP contribution in [-0.2, 0) is 26.1 Å². The van der Waals surface area contributed by atoms with E-state index >= 15 is 0 Å². The molecule has 1 fully saturated rings. The number of aryl methyl sites for hydroxylation is 1. The summed E-state index contributed by atoms with van der Waals surface area (Å²) in [6.45, 7) is 4.99. The van der Waals surface area contributed by atoms with Crippen LogP contribution in [0.5, 0.6) is 0 Å².